The summed E-state index contributed by atoms with van der Waals surface area (Å²) in [6.45, 7) is 5.58. The van der Waals surface area contributed by atoms with Gasteiger partial charge in [0.25, 0.3) is 0 Å². The first-order valence-corrected chi connectivity index (χ1v) is 14.8. The Balaban J connectivity index is 1.28. The Labute approximate surface area is 222 Å². The van der Waals surface area contributed by atoms with E-state index in [0.717, 1.165) is 25.3 Å². The highest BCUT2D eigenvalue weighted by Crippen LogP contribution is 2.76. The highest BCUT2D eigenvalue weighted by atomic mass is 35.5. The van der Waals surface area contributed by atoms with E-state index >= 15 is 0 Å². The van der Waals surface area contributed by atoms with Gasteiger partial charge in [0.05, 0.1) is 20.7 Å². The average molecular weight is 544 g/mol. The van der Waals surface area contributed by atoms with Gasteiger partial charge in [-0.05, 0) is 81.2 Å². The molecule has 2 aromatic rings. The summed E-state index contributed by atoms with van der Waals surface area (Å²) < 4.78 is 42.1. The first-order valence-electron chi connectivity index (χ1n) is 12.8. The normalized spacial score (nSPS) is 30.3. The number of benzene rings is 2. The van der Waals surface area contributed by atoms with E-state index in [0.29, 0.717) is 24.8 Å². The van der Waals surface area contributed by atoms with Crippen LogP contribution in [0.3, 0.4) is 0 Å². The van der Waals surface area contributed by atoms with Crippen LogP contribution < -0.4 is 5.32 Å². The Morgan fingerprint density at radius 3 is 2.43 bits per heavy atom. The van der Waals surface area contributed by atoms with E-state index in [4.69, 9.17) is 16.6 Å². The molecule has 1 amide bonds. The van der Waals surface area contributed by atoms with Crippen LogP contribution in [0.2, 0.25) is 5.02 Å². The molecule has 1 N–H and O–H groups in total. The quantitative estimate of drug-likeness (QED) is 0.561. The molecule has 7 rings (SSSR count). The summed E-state index contributed by atoms with van der Waals surface area (Å²) >= 11 is 5.88. The minimum absolute atomic E-state index is 0.0194. The van der Waals surface area contributed by atoms with E-state index in [1.54, 1.807) is 36.4 Å². The zero-order chi connectivity index (χ0) is 26.2. The number of amidine groups is 1. The number of likely N-dealkylation sites (tertiary alicyclic amines) is 1. The molecule has 1 unspecified atom stereocenters. The second-order valence-electron chi connectivity index (χ2n) is 11.9. The lowest BCUT2D eigenvalue weighted by Gasteiger charge is -2.72. The largest absolute Gasteiger partial charge is 0.366 e. The van der Waals surface area contributed by atoms with Crippen molar-refractivity contribution in [3.8, 4) is 0 Å². The van der Waals surface area contributed by atoms with Crippen molar-refractivity contribution in [1.29, 1.82) is 0 Å². The van der Waals surface area contributed by atoms with Gasteiger partial charge in [-0.1, -0.05) is 35.9 Å². The lowest BCUT2D eigenvalue weighted by molar-refractivity contribution is -0.156. The van der Waals surface area contributed by atoms with Crippen molar-refractivity contribution in [2.45, 2.75) is 67.7 Å². The summed E-state index contributed by atoms with van der Waals surface area (Å²) in [6, 6.07) is 12.6. The molecule has 0 radical (unpaired) electrons. The highest BCUT2D eigenvalue weighted by Gasteiger charge is 2.75. The van der Waals surface area contributed by atoms with Crippen LogP contribution in [0, 0.1) is 16.6 Å². The lowest BCUT2D eigenvalue weighted by atomic mass is 9.33. The third kappa shape index (κ3) is 3.82. The van der Waals surface area contributed by atoms with Crippen molar-refractivity contribution in [3.05, 3.63) is 64.9 Å². The molecule has 3 saturated carbocycles. The molecule has 6 nitrogen and oxygen atoms in total. The van der Waals surface area contributed by atoms with Crippen molar-refractivity contribution in [2.75, 3.05) is 13.1 Å². The van der Waals surface area contributed by atoms with Gasteiger partial charge in [0.1, 0.15) is 11.7 Å². The van der Waals surface area contributed by atoms with Crippen molar-refractivity contribution in [2.24, 2.45) is 15.8 Å². The number of halogens is 2. The number of rotatable bonds is 7. The SMILES string of the molecule is CC1(C)NC(C23CC(C(Cc4ccc(Cl)c(F)c4)S(=O)(=O)c4ccccc4)(C2)C3)=N[C@H]1C(=O)N1CCC1. The lowest BCUT2D eigenvalue weighted by Crippen LogP contribution is -2.73. The molecule has 0 spiro atoms. The first kappa shape index (κ1) is 24.9. The molecule has 1 saturated heterocycles. The predicted molar refractivity (Wildman–Crippen MR) is 141 cm³/mol. The Morgan fingerprint density at radius 2 is 1.84 bits per heavy atom. The van der Waals surface area contributed by atoms with Crippen LogP contribution in [0.4, 0.5) is 4.39 Å². The molecule has 5 aliphatic rings. The molecule has 2 bridgehead atoms. The predicted octanol–water partition coefficient (Wildman–Crippen LogP) is 4.42. The van der Waals surface area contributed by atoms with Gasteiger partial charge < -0.3 is 10.2 Å². The molecule has 2 aliphatic heterocycles. The van der Waals surface area contributed by atoms with Gasteiger partial charge >= 0.3 is 0 Å². The van der Waals surface area contributed by atoms with Crippen LogP contribution in [0.5, 0.6) is 0 Å². The Bertz CT molecular complexity index is 1390. The average Bonchev–Trinajstić information content (AvgIpc) is 3.08. The molecular weight excluding hydrogens is 513 g/mol. The van der Waals surface area contributed by atoms with Crippen LogP contribution in [0.1, 0.15) is 45.1 Å². The monoisotopic (exact) mass is 543 g/mol. The number of amides is 1. The van der Waals surface area contributed by atoms with Crippen molar-refractivity contribution in [1.82, 2.24) is 10.2 Å². The molecule has 2 atom stereocenters. The van der Waals surface area contributed by atoms with E-state index in [-0.39, 0.29) is 27.7 Å². The molecule has 196 valence electrons. The zero-order valence-electron chi connectivity index (χ0n) is 21.0. The number of aliphatic imine (C=N–C) groups is 1. The number of nitrogens with one attached hydrogen (secondary N) is 1. The Hall–Kier alpha value is -2.45. The number of hydrogen-bond acceptors (Lipinski definition) is 5. The number of hydrogen-bond donors (Lipinski definition) is 1. The second-order valence-corrected chi connectivity index (χ2v) is 14.4. The summed E-state index contributed by atoms with van der Waals surface area (Å²) in [7, 11) is -3.68. The van der Waals surface area contributed by atoms with Gasteiger partial charge in [-0.2, -0.15) is 0 Å². The van der Waals surface area contributed by atoms with E-state index in [2.05, 4.69) is 5.32 Å². The highest BCUT2D eigenvalue weighted by molar-refractivity contribution is 7.92. The molecule has 4 fully saturated rings. The molecule has 37 heavy (non-hydrogen) atoms. The Kier molecular flexibility index (Phi) is 5.56. The second kappa shape index (κ2) is 8.27. The summed E-state index contributed by atoms with van der Waals surface area (Å²) in [5, 5.41) is 2.85. The molecular formula is C28H31ClFN3O3S. The van der Waals surface area contributed by atoms with E-state index in [9.17, 15) is 17.6 Å². The summed E-state index contributed by atoms with van der Waals surface area (Å²) in [5.74, 6) is 0.356. The van der Waals surface area contributed by atoms with Gasteiger partial charge in [-0.25, -0.2) is 12.8 Å². The van der Waals surface area contributed by atoms with E-state index < -0.39 is 37.9 Å². The van der Waals surface area contributed by atoms with Crippen molar-refractivity contribution >= 4 is 33.2 Å². The van der Waals surface area contributed by atoms with Crippen LogP contribution in [-0.4, -0.2) is 55.0 Å². The van der Waals surface area contributed by atoms with Crippen molar-refractivity contribution in [3.63, 3.8) is 0 Å². The third-order valence-electron chi connectivity index (χ3n) is 8.89. The summed E-state index contributed by atoms with van der Waals surface area (Å²) in [6.07, 6.45) is 3.28. The number of nitrogens with zero attached hydrogens (tertiary/aromatic N) is 2. The minimum atomic E-state index is -3.68. The number of sulfone groups is 1. The van der Waals surface area contributed by atoms with Gasteiger partial charge in [-0.3, -0.25) is 9.79 Å². The van der Waals surface area contributed by atoms with Gasteiger partial charge in [0, 0.05) is 18.5 Å². The van der Waals surface area contributed by atoms with E-state index in [1.165, 1.54) is 12.1 Å². The fourth-order valence-corrected chi connectivity index (χ4v) is 9.11. The van der Waals surface area contributed by atoms with Gasteiger partial charge in [-0.15, -0.1) is 0 Å². The summed E-state index contributed by atoms with van der Waals surface area (Å²) in [5.41, 5.74) is -0.515. The maximum atomic E-state index is 14.2. The fourth-order valence-electron chi connectivity index (χ4n) is 6.81. The van der Waals surface area contributed by atoms with Crippen LogP contribution in [0.25, 0.3) is 0 Å². The first-order chi connectivity index (χ1) is 17.5. The van der Waals surface area contributed by atoms with Gasteiger partial charge in [0.15, 0.2) is 15.9 Å². The fraction of sp³-hybridized carbons (Fsp3) is 0.500. The van der Waals surface area contributed by atoms with Crippen LogP contribution in [-0.2, 0) is 21.1 Å². The third-order valence-corrected chi connectivity index (χ3v) is 11.5. The van der Waals surface area contributed by atoms with Crippen LogP contribution in [0.15, 0.2) is 58.4 Å². The van der Waals surface area contributed by atoms with Crippen LogP contribution >= 0.6 is 11.6 Å². The molecule has 2 heterocycles. The maximum absolute atomic E-state index is 14.2. The number of carbonyl (C=O) groups is 1. The molecule has 3 aliphatic carbocycles. The van der Waals surface area contributed by atoms with Crippen molar-refractivity contribution < 1.29 is 17.6 Å². The zero-order valence-corrected chi connectivity index (χ0v) is 22.6. The topological polar surface area (TPSA) is 78.8 Å². The smallest absolute Gasteiger partial charge is 0.249 e. The summed E-state index contributed by atoms with van der Waals surface area (Å²) in [4.78, 5) is 20.0. The molecule has 2 aromatic carbocycles. The number of carbonyl (C=O) groups excluding carboxylic acids is 1. The molecule has 9 heteroatoms. The molecule has 0 aromatic heterocycles. The minimum Gasteiger partial charge on any atom is -0.366 e. The maximum Gasteiger partial charge on any atom is 0.249 e. The van der Waals surface area contributed by atoms with E-state index in [1.807, 2.05) is 18.7 Å². The van der Waals surface area contributed by atoms with Gasteiger partial charge in [0.2, 0.25) is 5.91 Å². The standard InChI is InChI=1S/C28H31ClFN3O3S/c1-26(2)23(24(34)33-11-6-12-33)31-25(32-26)28-15-27(16-28,17-28)22(14-18-9-10-20(29)21(30)13-18)37(35,36)19-7-4-3-5-8-19/h3-5,7-10,13,22-23H,6,11-12,14-17H2,1-2H3,(H,31,32)/t22?,23-,27?,28?/m0/s1. The Morgan fingerprint density at radius 1 is 1.16 bits per heavy atom.